The number of hydroxylamine groups is 1. The molecule has 2 N–H and O–H groups in total. The standard InChI is InChI=1S/C22H24N2O4/c1-28-19-6-2-15(3-7-19)14-24-11-10-22(21(24)26)9-8-16-12-17(20(25)23-27)4-5-18(16)13-22/h2-7,12,27H,8-11,13-14H2,1H3,(H,23,25)/t22-/m1/s1. The second kappa shape index (κ2) is 7.28. The molecule has 6 heteroatoms. The molecule has 1 heterocycles. The molecule has 1 atom stereocenters. The fourth-order valence-corrected chi connectivity index (χ4v) is 4.45. The fourth-order valence-electron chi connectivity index (χ4n) is 4.45. The molecule has 0 saturated carbocycles. The number of nitrogens with zero attached hydrogens (tertiary/aromatic N) is 1. The van der Waals surface area contributed by atoms with Gasteiger partial charge in [-0.15, -0.1) is 0 Å². The van der Waals surface area contributed by atoms with Crippen LogP contribution < -0.4 is 10.2 Å². The van der Waals surface area contributed by atoms with Crippen LogP contribution in [-0.4, -0.2) is 35.6 Å². The van der Waals surface area contributed by atoms with E-state index in [1.54, 1.807) is 18.7 Å². The number of carbonyl (C=O) groups is 2. The van der Waals surface area contributed by atoms with Crippen molar-refractivity contribution in [3.63, 3.8) is 0 Å². The van der Waals surface area contributed by atoms with Gasteiger partial charge in [-0.25, -0.2) is 5.48 Å². The van der Waals surface area contributed by atoms with Crippen molar-refractivity contribution in [3.05, 3.63) is 64.7 Å². The van der Waals surface area contributed by atoms with Crippen LogP contribution in [0, 0.1) is 5.41 Å². The first-order valence-electron chi connectivity index (χ1n) is 9.53. The largest absolute Gasteiger partial charge is 0.497 e. The predicted octanol–water partition coefficient (Wildman–Crippen LogP) is 2.72. The summed E-state index contributed by atoms with van der Waals surface area (Å²) in [6, 6.07) is 13.3. The number of aryl methyl sites for hydroxylation is 1. The molecule has 1 saturated heterocycles. The number of hydrogen-bond acceptors (Lipinski definition) is 4. The maximum atomic E-state index is 13.2. The quantitative estimate of drug-likeness (QED) is 0.631. The van der Waals surface area contributed by atoms with E-state index < -0.39 is 5.91 Å². The Morgan fingerprint density at radius 3 is 2.68 bits per heavy atom. The van der Waals surface area contributed by atoms with E-state index in [1.165, 1.54) is 0 Å². The van der Waals surface area contributed by atoms with Gasteiger partial charge >= 0.3 is 0 Å². The van der Waals surface area contributed by atoms with Gasteiger partial charge in [-0.2, -0.15) is 0 Å². The van der Waals surface area contributed by atoms with Crippen LogP contribution >= 0.6 is 0 Å². The number of carbonyl (C=O) groups excluding carboxylic acids is 2. The van der Waals surface area contributed by atoms with Crippen LogP contribution in [0.1, 0.15) is 39.9 Å². The van der Waals surface area contributed by atoms with Crippen molar-refractivity contribution < 1.29 is 19.5 Å². The SMILES string of the molecule is COc1ccc(CN2CC[C@@]3(CCc4cc(C(=O)NO)ccc4C3)C2=O)cc1. The lowest BCUT2D eigenvalue weighted by atomic mass is 9.70. The van der Waals surface area contributed by atoms with E-state index in [2.05, 4.69) is 0 Å². The summed E-state index contributed by atoms with van der Waals surface area (Å²) in [6.07, 6.45) is 3.13. The topological polar surface area (TPSA) is 78.9 Å². The summed E-state index contributed by atoms with van der Waals surface area (Å²) in [5.41, 5.74) is 5.10. The van der Waals surface area contributed by atoms with Crippen molar-refractivity contribution in [2.75, 3.05) is 13.7 Å². The lowest BCUT2D eigenvalue weighted by Crippen LogP contribution is -2.38. The molecule has 1 spiro atoms. The van der Waals surface area contributed by atoms with Gasteiger partial charge in [-0.05, 0) is 66.6 Å². The number of nitrogens with one attached hydrogen (secondary N) is 1. The van der Waals surface area contributed by atoms with Crippen LogP contribution in [0.3, 0.4) is 0 Å². The highest BCUT2D eigenvalue weighted by atomic mass is 16.5. The molecule has 0 bridgehead atoms. The maximum absolute atomic E-state index is 13.2. The Bertz CT molecular complexity index is 909. The molecule has 4 rings (SSSR count). The first-order valence-corrected chi connectivity index (χ1v) is 9.53. The minimum absolute atomic E-state index is 0.228. The smallest absolute Gasteiger partial charge is 0.274 e. The molecule has 2 aliphatic rings. The van der Waals surface area contributed by atoms with Gasteiger partial charge in [-0.3, -0.25) is 14.8 Å². The molecular formula is C22H24N2O4. The van der Waals surface area contributed by atoms with E-state index in [1.807, 2.05) is 41.3 Å². The zero-order valence-corrected chi connectivity index (χ0v) is 15.9. The van der Waals surface area contributed by atoms with Crippen LogP contribution in [0.2, 0.25) is 0 Å². The van der Waals surface area contributed by atoms with E-state index in [4.69, 9.17) is 9.94 Å². The average molecular weight is 380 g/mol. The summed E-state index contributed by atoms with van der Waals surface area (Å²) in [6.45, 7) is 1.39. The van der Waals surface area contributed by atoms with Crippen LogP contribution in [0.25, 0.3) is 0 Å². The highest BCUT2D eigenvalue weighted by Gasteiger charge is 2.47. The summed E-state index contributed by atoms with van der Waals surface area (Å²) in [7, 11) is 1.64. The lowest BCUT2D eigenvalue weighted by molar-refractivity contribution is -0.137. The van der Waals surface area contributed by atoms with Gasteiger partial charge in [0.1, 0.15) is 5.75 Å². The molecule has 28 heavy (non-hydrogen) atoms. The van der Waals surface area contributed by atoms with E-state index in [0.717, 1.165) is 48.2 Å². The number of methoxy groups -OCH3 is 1. The van der Waals surface area contributed by atoms with E-state index in [9.17, 15) is 9.59 Å². The Hall–Kier alpha value is -2.86. The van der Waals surface area contributed by atoms with Gasteiger partial charge in [0.15, 0.2) is 0 Å². The van der Waals surface area contributed by atoms with Gasteiger partial charge in [0.25, 0.3) is 5.91 Å². The van der Waals surface area contributed by atoms with Crippen molar-refractivity contribution in [3.8, 4) is 5.75 Å². The first-order chi connectivity index (χ1) is 13.5. The number of fused-ring (bicyclic) bond motifs is 1. The molecule has 1 aliphatic carbocycles. The number of ether oxygens (including phenoxy) is 1. The summed E-state index contributed by atoms with van der Waals surface area (Å²) >= 11 is 0. The molecule has 2 aromatic rings. The van der Waals surface area contributed by atoms with E-state index >= 15 is 0 Å². The molecule has 6 nitrogen and oxygen atoms in total. The van der Waals surface area contributed by atoms with Crippen molar-refractivity contribution in [2.24, 2.45) is 5.41 Å². The monoisotopic (exact) mass is 380 g/mol. The Balaban J connectivity index is 1.49. The second-order valence-corrected chi connectivity index (χ2v) is 7.71. The highest BCUT2D eigenvalue weighted by Crippen LogP contribution is 2.44. The van der Waals surface area contributed by atoms with Crippen LogP contribution in [0.4, 0.5) is 0 Å². The number of likely N-dealkylation sites (tertiary alicyclic amines) is 1. The van der Waals surface area contributed by atoms with Crippen molar-refractivity contribution >= 4 is 11.8 Å². The van der Waals surface area contributed by atoms with Crippen molar-refractivity contribution in [1.82, 2.24) is 10.4 Å². The first kappa shape index (κ1) is 18.5. The minimum atomic E-state index is -0.509. The Labute approximate surface area is 164 Å². The van der Waals surface area contributed by atoms with Crippen LogP contribution in [0.15, 0.2) is 42.5 Å². The summed E-state index contributed by atoms with van der Waals surface area (Å²) < 4.78 is 5.19. The number of amides is 2. The Kier molecular flexibility index (Phi) is 4.81. The average Bonchev–Trinajstić information content (AvgIpc) is 3.03. The zero-order valence-electron chi connectivity index (χ0n) is 15.9. The van der Waals surface area contributed by atoms with Gasteiger partial charge < -0.3 is 9.64 Å². The number of benzene rings is 2. The van der Waals surface area contributed by atoms with Crippen LogP contribution in [0.5, 0.6) is 5.75 Å². The molecule has 2 amide bonds. The lowest BCUT2D eigenvalue weighted by Gasteiger charge is -2.33. The molecule has 2 aromatic carbocycles. The normalized spacial score (nSPS) is 20.9. The third kappa shape index (κ3) is 3.24. The van der Waals surface area contributed by atoms with Gasteiger partial charge in [0.05, 0.1) is 12.5 Å². The van der Waals surface area contributed by atoms with Crippen molar-refractivity contribution in [2.45, 2.75) is 32.2 Å². The van der Waals surface area contributed by atoms with E-state index in [0.29, 0.717) is 18.5 Å². The molecule has 0 unspecified atom stereocenters. The molecule has 1 fully saturated rings. The van der Waals surface area contributed by atoms with Gasteiger partial charge in [-0.1, -0.05) is 18.2 Å². The Morgan fingerprint density at radius 1 is 1.18 bits per heavy atom. The molecule has 0 aromatic heterocycles. The minimum Gasteiger partial charge on any atom is -0.497 e. The number of hydrogen-bond donors (Lipinski definition) is 2. The maximum Gasteiger partial charge on any atom is 0.274 e. The third-order valence-electron chi connectivity index (χ3n) is 6.11. The molecule has 1 aliphatic heterocycles. The molecule has 146 valence electrons. The summed E-state index contributed by atoms with van der Waals surface area (Å²) in [5, 5.41) is 8.82. The highest BCUT2D eigenvalue weighted by molar-refractivity contribution is 5.93. The predicted molar refractivity (Wildman–Crippen MR) is 103 cm³/mol. The second-order valence-electron chi connectivity index (χ2n) is 7.71. The summed E-state index contributed by atoms with van der Waals surface area (Å²) in [5.74, 6) is 0.531. The molecular weight excluding hydrogens is 356 g/mol. The van der Waals surface area contributed by atoms with Crippen molar-refractivity contribution in [1.29, 1.82) is 0 Å². The van der Waals surface area contributed by atoms with E-state index in [-0.39, 0.29) is 11.3 Å². The number of rotatable bonds is 4. The zero-order chi connectivity index (χ0) is 19.7. The third-order valence-corrected chi connectivity index (χ3v) is 6.11. The molecule has 0 radical (unpaired) electrons. The Morgan fingerprint density at radius 2 is 1.96 bits per heavy atom. The fraction of sp³-hybridized carbons (Fsp3) is 0.364. The summed E-state index contributed by atoms with van der Waals surface area (Å²) in [4.78, 5) is 26.8. The van der Waals surface area contributed by atoms with Gasteiger partial charge in [0, 0.05) is 18.7 Å². The van der Waals surface area contributed by atoms with Gasteiger partial charge in [0.2, 0.25) is 5.91 Å². The van der Waals surface area contributed by atoms with Crippen LogP contribution in [-0.2, 0) is 24.2 Å².